The molecule has 0 aliphatic carbocycles. The van der Waals surface area contributed by atoms with Gasteiger partial charge in [0.05, 0.1) is 5.56 Å². The van der Waals surface area contributed by atoms with E-state index in [9.17, 15) is 4.79 Å². The third kappa shape index (κ3) is 3.71. The topological polar surface area (TPSA) is 45.2 Å². The molecular formula is C18H21N3O. The fraction of sp³-hybridized carbons (Fsp3) is 0.333. The van der Waals surface area contributed by atoms with E-state index in [4.69, 9.17) is 0 Å². The Hall–Kier alpha value is -2.20. The average Bonchev–Trinajstić information content (AvgIpc) is 2.61. The Balaban J connectivity index is 1.47. The molecule has 3 rings (SSSR count). The summed E-state index contributed by atoms with van der Waals surface area (Å²) in [7, 11) is 0. The van der Waals surface area contributed by atoms with E-state index in [1.165, 1.54) is 5.56 Å². The fourth-order valence-corrected chi connectivity index (χ4v) is 2.82. The molecule has 0 radical (unpaired) electrons. The van der Waals surface area contributed by atoms with E-state index in [0.717, 1.165) is 32.5 Å². The van der Waals surface area contributed by atoms with Crippen molar-refractivity contribution in [1.82, 2.24) is 15.2 Å². The summed E-state index contributed by atoms with van der Waals surface area (Å²) in [5.41, 5.74) is 1.98. The molecule has 114 valence electrons. The van der Waals surface area contributed by atoms with Gasteiger partial charge >= 0.3 is 0 Å². The van der Waals surface area contributed by atoms with Crippen LogP contribution in [0.3, 0.4) is 0 Å². The Morgan fingerprint density at radius 2 is 1.91 bits per heavy atom. The highest BCUT2D eigenvalue weighted by Gasteiger charge is 2.23. The summed E-state index contributed by atoms with van der Waals surface area (Å²) in [5.74, 6) is 0.0922. The predicted octanol–water partition coefficient (Wildman–Crippen LogP) is 2.48. The van der Waals surface area contributed by atoms with Gasteiger partial charge in [-0.25, -0.2) is 0 Å². The maximum absolute atomic E-state index is 12.4. The molecule has 0 atom stereocenters. The van der Waals surface area contributed by atoms with Crippen LogP contribution < -0.4 is 5.32 Å². The van der Waals surface area contributed by atoms with Gasteiger partial charge in [-0.3, -0.25) is 9.78 Å². The number of carbonyl (C=O) groups excluding carboxylic acids is 1. The molecule has 1 aromatic heterocycles. The number of likely N-dealkylation sites (tertiary alicyclic amines) is 1. The molecule has 1 aliphatic heterocycles. The van der Waals surface area contributed by atoms with Crippen LogP contribution in [-0.2, 0) is 6.54 Å². The van der Waals surface area contributed by atoms with Crippen LogP contribution in [0.5, 0.6) is 0 Å². The van der Waals surface area contributed by atoms with Crippen molar-refractivity contribution in [1.29, 1.82) is 0 Å². The second kappa shape index (κ2) is 7.18. The second-order valence-corrected chi connectivity index (χ2v) is 5.67. The summed E-state index contributed by atoms with van der Waals surface area (Å²) in [4.78, 5) is 18.3. The molecule has 22 heavy (non-hydrogen) atoms. The lowest BCUT2D eigenvalue weighted by molar-refractivity contribution is 0.0704. The number of carbonyl (C=O) groups is 1. The van der Waals surface area contributed by atoms with Crippen LogP contribution in [0, 0.1) is 0 Å². The minimum absolute atomic E-state index is 0.0922. The van der Waals surface area contributed by atoms with Gasteiger partial charge < -0.3 is 10.2 Å². The molecule has 2 heterocycles. The van der Waals surface area contributed by atoms with Crippen LogP contribution in [-0.4, -0.2) is 34.9 Å². The number of hydrogen-bond acceptors (Lipinski definition) is 3. The highest BCUT2D eigenvalue weighted by Crippen LogP contribution is 2.14. The standard InChI is InChI=1S/C18H21N3O/c22-18(16-7-4-10-19-14-16)21-11-8-17(9-12-21)20-13-15-5-2-1-3-6-15/h1-7,10,14,17,20H,8-9,11-13H2. The Morgan fingerprint density at radius 1 is 1.14 bits per heavy atom. The van der Waals surface area contributed by atoms with Crippen LogP contribution in [0.25, 0.3) is 0 Å². The molecule has 0 saturated carbocycles. The van der Waals surface area contributed by atoms with Gasteiger partial charge in [0.25, 0.3) is 5.91 Å². The molecule has 1 aliphatic rings. The number of pyridine rings is 1. The summed E-state index contributed by atoms with van der Waals surface area (Å²) in [6.07, 6.45) is 5.33. The molecule has 4 heteroatoms. The second-order valence-electron chi connectivity index (χ2n) is 5.67. The van der Waals surface area contributed by atoms with E-state index in [0.29, 0.717) is 11.6 Å². The van der Waals surface area contributed by atoms with Crippen LogP contribution >= 0.6 is 0 Å². The Labute approximate surface area is 131 Å². The monoisotopic (exact) mass is 295 g/mol. The first-order chi connectivity index (χ1) is 10.8. The summed E-state index contributed by atoms with van der Waals surface area (Å²) in [5, 5.41) is 3.59. The molecule has 1 N–H and O–H groups in total. The number of nitrogens with zero attached hydrogens (tertiary/aromatic N) is 2. The van der Waals surface area contributed by atoms with Gasteiger partial charge in [0.2, 0.25) is 0 Å². The van der Waals surface area contributed by atoms with Crippen LogP contribution in [0.2, 0.25) is 0 Å². The number of amides is 1. The largest absolute Gasteiger partial charge is 0.338 e. The molecule has 1 aromatic carbocycles. The van der Waals surface area contributed by atoms with E-state index in [1.54, 1.807) is 18.5 Å². The molecular weight excluding hydrogens is 274 g/mol. The van der Waals surface area contributed by atoms with E-state index in [2.05, 4.69) is 34.6 Å². The lowest BCUT2D eigenvalue weighted by Gasteiger charge is -2.32. The van der Waals surface area contributed by atoms with E-state index >= 15 is 0 Å². The minimum atomic E-state index is 0.0922. The van der Waals surface area contributed by atoms with E-state index in [-0.39, 0.29) is 5.91 Å². The maximum atomic E-state index is 12.4. The number of nitrogens with one attached hydrogen (secondary N) is 1. The van der Waals surface area contributed by atoms with Crippen molar-refractivity contribution in [2.24, 2.45) is 0 Å². The number of benzene rings is 1. The first-order valence-corrected chi connectivity index (χ1v) is 7.79. The highest BCUT2D eigenvalue weighted by atomic mass is 16.2. The van der Waals surface area contributed by atoms with Gasteiger partial charge in [-0.2, -0.15) is 0 Å². The lowest BCUT2D eigenvalue weighted by Crippen LogP contribution is -2.44. The van der Waals surface area contributed by atoms with E-state index < -0.39 is 0 Å². The number of rotatable bonds is 4. The quantitative estimate of drug-likeness (QED) is 0.942. The molecule has 0 bridgehead atoms. The first kappa shape index (κ1) is 14.7. The predicted molar refractivity (Wildman–Crippen MR) is 86.4 cm³/mol. The third-order valence-electron chi connectivity index (χ3n) is 4.13. The van der Waals surface area contributed by atoms with Crippen molar-refractivity contribution in [3.63, 3.8) is 0 Å². The van der Waals surface area contributed by atoms with Crippen molar-refractivity contribution in [3.8, 4) is 0 Å². The molecule has 0 spiro atoms. The van der Waals surface area contributed by atoms with Crippen molar-refractivity contribution < 1.29 is 4.79 Å². The summed E-state index contributed by atoms with van der Waals surface area (Å²) < 4.78 is 0. The Kier molecular flexibility index (Phi) is 4.81. The van der Waals surface area contributed by atoms with Gasteiger partial charge in [-0.15, -0.1) is 0 Å². The average molecular weight is 295 g/mol. The molecule has 4 nitrogen and oxygen atoms in total. The lowest BCUT2D eigenvalue weighted by atomic mass is 10.0. The molecule has 2 aromatic rings. The maximum Gasteiger partial charge on any atom is 0.255 e. The van der Waals surface area contributed by atoms with Crippen molar-refractivity contribution in [2.45, 2.75) is 25.4 Å². The molecule has 1 saturated heterocycles. The number of aromatic nitrogens is 1. The minimum Gasteiger partial charge on any atom is -0.338 e. The zero-order valence-electron chi connectivity index (χ0n) is 12.6. The van der Waals surface area contributed by atoms with Crippen molar-refractivity contribution in [3.05, 3.63) is 66.0 Å². The summed E-state index contributed by atoms with van der Waals surface area (Å²) in [6.45, 7) is 2.50. The van der Waals surface area contributed by atoms with Gasteiger partial charge in [0, 0.05) is 38.1 Å². The van der Waals surface area contributed by atoms with Gasteiger partial charge in [0.15, 0.2) is 0 Å². The Morgan fingerprint density at radius 3 is 2.59 bits per heavy atom. The smallest absolute Gasteiger partial charge is 0.255 e. The van der Waals surface area contributed by atoms with Crippen LogP contribution in [0.4, 0.5) is 0 Å². The zero-order chi connectivity index (χ0) is 15.2. The van der Waals surface area contributed by atoms with Gasteiger partial charge in [0.1, 0.15) is 0 Å². The first-order valence-electron chi connectivity index (χ1n) is 7.79. The van der Waals surface area contributed by atoms with Crippen LogP contribution in [0.1, 0.15) is 28.8 Å². The molecule has 0 unspecified atom stereocenters. The molecule has 1 amide bonds. The Bertz CT molecular complexity index is 592. The van der Waals surface area contributed by atoms with Crippen molar-refractivity contribution >= 4 is 5.91 Å². The van der Waals surface area contributed by atoms with Crippen LogP contribution in [0.15, 0.2) is 54.9 Å². The fourth-order valence-electron chi connectivity index (χ4n) is 2.82. The van der Waals surface area contributed by atoms with E-state index in [1.807, 2.05) is 17.0 Å². The highest BCUT2D eigenvalue weighted by molar-refractivity contribution is 5.93. The SMILES string of the molecule is O=C(c1cccnc1)N1CCC(NCc2ccccc2)CC1. The zero-order valence-corrected chi connectivity index (χ0v) is 12.6. The summed E-state index contributed by atoms with van der Waals surface area (Å²) >= 11 is 0. The summed E-state index contributed by atoms with van der Waals surface area (Å²) in [6, 6.07) is 14.5. The number of piperidine rings is 1. The molecule has 1 fully saturated rings. The van der Waals surface area contributed by atoms with Crippen molar-refractivity contribution in [2.75, 3.05) is 13.1 Å². The normalized spacial score (nSPS) is 15.7. The number of hydrogen-bond donors (Lipinski definition) is 1. The third-order valence-corrected chi connectivity index (χ3v) is 4.13. The van der Waals surface area contributed by atoms with Gasteiger partial charge in [-0.05, 0) is 30.5 Å². The van der Waals surface area contributed by atoms with Gasteiger partial charge in [-0.1, -0.05) is 30.3 Å².